The van der Waals surface area contributed by atoms with E-state index >= 15 is 0 Å². The van der Waals surface area contributed by atoms with E-state index in [1.165, 1.54) is 12.0 Å². The van der Waals surface area contributed by atoms with E-state index in [9.17, 15) is 27.9 Å². The van der Waals surface area contributed by atoms with Crippen LogP contribution in [-0.2, 0) is 39.8 Å². The number of quaternary nitrogens is 1. The first-order chi connectivity index (χ1) is 21.1. The minimum atomic E-state index is -2.62. The van der Waals surface area contributed by atoms with Crippen molar-refractivity contribution in [2.75, 3.05) is 46.5 Å². The number of likely N-dealkylation sites (tertiary alicyclic amines) is 2. The van der Waals surface area contributed by atoms with E-state index in [1.807, 2.05) is 18.7 Å². The monoisotopic (exact) mass is 660 g/mol. The molecule has 13 nitrogen and oxygen atoms in total. The highest BCUT2D eigenvalue weighted by molar-refractivity contribution is 7.73. The van der Waals surface area contributed by atoms with Crippen LogP contribution in [0.15, 0.2) is 0 Å². The van der Waals surface area contributed by atoms with E-state index < -0.39 is 63.0 Å². The average Bonchev–Trinajstić information content (AvgIpc) is 3.37. The summed E-state index contributed by atoms with van der Waals surface area (Å²) in [6, 6.07) is -2.07. The molecule has 2 aliphatic heterocycles. The molecular formula is C31H54N3O10S+. The molecule has 2 amide bonds. The zero-order chi connectivity index (χ0) is 33.7. The van der Waals surface area contributed by atoms with E-state index in [1.54, 1.807) is 34.6 Å². The summed E-state index contributed by atoms with van der Waals surface area (Å²) in [6.45, 7) is 14.1. The summed E-state index contributed by atoms with van der Waals surface area (Å²) in [5, 5.41) is 0. The number of amides is 2. The molecule has 0 bridgehead atoms. The molecule has 8 atom stereocenters. The van der Waals surface area contributed by atoms with E-state index in [4.69, 9.17) is 18.9 Å². The zero-order valence-electron chi connectivity index (χ0n) is 28.2. The molecule has 0 aromatic heterocycles. The van der Waals surface area contributed by atoms with Crippen LogP contribution >= 0.6 is 0 Å². The number of rotatable bonds is 10. The quantitative estimate of drug-likeness (QED) is 0.157. The molecule has 258 valence electrons. The molecule has 1 saturated carbocycles. The Labute approximate surface area is 270 Å². The average molecular weight is 661 g/mol. The molecule has 14 heteroatoms. The van der Waals surface area contributed by atoms with E-state index in [2.05, 4.69) is 0 Å². The molecule has 1 aliphatic carbocycles. The standard InChI is InChI=1S/C31H53N3O10S/c1-9-42-27(35)25-15-24(34(45(39)40,19-20(3)4)30(38)44-31(5,6)7)18-32(25)16-21-11-12-22-17-33(29(37)41-8)26(14-23(22)13-21)28(36)43-10-2/h20-26H,9-19H2,1-8H3/p+1. The van der Waals surface area contributed by atoms with Crippen LogP contribution in [0.2, 0.25) is 0 Å². The number of carbonyl (C=O) groups excluding carboxylic acids is 4. The van der Waals surface area contributed by atoms with Crippen molar-refractivity contribution < 1.29 is 50.8 Å². The van der Waals surface area contributed by atoms with Gasteiger partial charge in [-0.3, -0.25) is 19.1 Å². The number of carbonyl (C=O) groups is 4. The van der Waals surface area contributed by atoms with Crippen LogP contribution in [0, 0.1) is 23.7 Å². The Bertz CT molecular complexity index is 1100. The third-order valence-corrected chi connectivity index (χ3v) is 10.3. The van der Waals surface area contributed by atoms with E-state index in [-0.39, 0.29) is 56.4 Å². The lowest BCUT2D eigenvalue weighted by Gasteiger charge is -2.46. The SMILES string of the molecule is CCOC(=O)C1CC([N+](CC(C)C)(C(=O)OC(C)(C)C)S(=O)O)CN1CC1CCC2CN(C(=O)OC)C(C(=O)OCC)CC2C1. The van der Waals surface area contributed by atoms with Gasteiger partial charge in [0.1, 0.15) is 30.3 Å². The topological polar surface area (TPSA) is 149 Å². The predicted molar refractivity (Wildman–Crippen MR) is 166 cm³/mol. The smallest absolute Gasteiger partial charge is 0.465 e. The highest BCUT2D eigenvalue weighted by Crippen LogP contribution is 2.43. The van der Waals surface area contributed by atoms with Crippen LogP contribution in [0.5, 0.6) is 0 Å². The van der Waals surface area contributed by atoms with Crippen LogP contribution in [-0.4, -0.2) is 117 Å². The van der Waals surface area contributed by atoms with Crippen molar-refractivity contribution in [3.05, 3.63) is 0 Å². The number of esters is 2. The Morgan fingerprint density at radius 3 is 2.09 bits per heavy atom. The maximum absolute atomic E-state index is 13.7. The van der Waals surface area contributed by atoms with Crippen molar-refractivity contribution in [2.45, 2.75) is 104 Å². The van der Waals surface area contributed by atoms with Crippen LogP contribution in [0.25, 0.3) is 0 Å². The molecule has 3 rings (SSSR count). The van der Waals surface area contributed by atoms with Gasteiger partial charge in [-0.2, -0.15) is 9.00 Å². The Morgan fingerprint density at radius 1 is 0.933 bits per heavy atom. The minimum absolute atomic E-state index is 0.0746. The normalized spacial score (nSPS) is 29.3. The maximum Gasteiger partial charge on any atom is 0.532 e. The Kier molecular flexibility index (Phi) is 12.8. The van der Waals surface area contributed by atoms with Gasteiger partial charge in [0.2, 0.25) is 0 Å². The summed E-state index contributed by atoms with van der Waals surface area (Å²) in [5.41, 5.74) is -0.876. The molecule has 45 heavy (non-hydrogen) atoms. The second-order valence-electron chi connectivity index (χ2n) is 14.0. The van der Waals surface area contributed by atoms with Crippen molar-refractivity contribution in [3.63, 3.8) is 0 Å². The first-order valence-corrected chi connectivity index (χ1v) is 17.3. The van der Waals surface area contributed by atoms with Gasteiger partial charge in [0.05, 0.1) is 26.9 Å². The molecular weight excluding hydrogens is 606 g/mol. The summed E-state index contributed by atoms with van der Waals surface area (Å²) >= 11 is -2.62. The molecule has 3 fully saturated rings. The Morgan fingerprint density at radius 2 is 1.56 bits per heavy atom. The second-order valence-corrected chi connectivity index (χ2v) is 15.1. The van der Waals surface area contributed by atoms with E-state index in [0.717, 1.165) is 19.3 Å². The zero-order valence-corrected chi connectivity index (χ0v) is 29.0. The fraction of sp³-hybridized carbons (Fsp3) is 0.871. The number of hydrogen-bond acceptors (Lipinski definition) is 10. The van der Waals surface area contributed by atoms with Gasteiger partial charge in [-0.15, -0.1) is 3.89 Å². The molecule has 8 unspecified atom stereocenters. The first-order valence-electron chi connectivity index (χ1n) is 16.2. The van der Waals surface area contributed by atoms with Crippen molar-refractivity contribution in [1.82, 2.24) is 9.80 Å². The molecule has 0 spiro atoms. The highest BCUT2D eigenvalue weighted by Gasteiger charge is 2.59. The summed E-state index contributed by atoms with van der Waals surface area (Å²) in [4.78, 5) is 55.8. The number of nitrogens with zero attached hydrogens (tertiary/aromatic N) is 3. The van der Waals surface area contributed by atoms with Crippen LogP contribution in [0.3, 0.4) is 0 Å². The lowest BCUT2D eigenvalue weighted by Crippen LogP contribution is -2.63. The van der Waals surface area contributed by atoms with Crippen LogP contribution < -0.4 is 0 Å². The molecule has 0 aromatic carbocycles. The van der Waals surface area contributed by atoms with Gasteiger partial charge >= 0.3 is 35.4 Å². The van der Waals surface area contributed by atoms with Gasteiger partial charge < -0.3 is 18.9 Å². The van der Waals surface area contributed by atoms with Crippen LogP contribution in [0.4, 0.5) is 9.59 Å². The van der Waals surface area contributed by atoms with Crippen molar-refractivity contribution in [2.24, 2.45) is 23.7 Å². The molecule has 3 aliphatic rings. The first kappa shape index (κ1) is 37.2. The Hall–Kier alpha value is -2.29. The van der Waals surface area contributed by atoms with Crippen molar-refractivity contribution in [3.8, 4) is 0 Å². The van der Waals surface area contributed by atoms with Gasteiger partial charge in [0, 0.05) is 25.4 Å². The third kappa shape index (κ3) is 8.75. The number of piperidine rings is 1. The summed E-state index contributed by atoms with van der Waals surface area (Å²) < 4.78 is 44.5. The van der Waals surface area contributed by atoms with Crippen LogP contribution in [0.1, 0.15) is 80.6 Å². The number of hydrogen-bond donors (Lipinski definition) is 1. The predicted octanol–water partition coefficient (Wildman–Crippen LogP) is 3.97. The molecule has 1 N–H and O–H groups in total. The number of fused-ring (bicyclic) bond motifs is 1. The molecule has 2 heterocycles. The van der Waals surface area contributed by atoms with Gasteiger partial charge in [0.15, 0.2) is 0 Å². The lowest BCUT2D eigenvalue weighted by atomic mass is 9.69. The van der Waals surface area contributed by atoms with Gasteiger partial charge in [-0.1, -0.05) is 13.8 Å². The lowest BCUT2D eigenvalue weighted by molar-refractivity contribution is -0.763. The van der Waals surface area contributed by atoms with E-state index in [0.29, 0.717) is 19.5 Å². The van der Waals surface area contributed by atoms with Crippen molar-refractivity contribution in [1.29, 1.82) is 0 Å². The highest BCUT2D eigenvalue weighted by atomic mass is 32.2. The summed E-state index contributed by atoms with van der Waals surface area (Å²) in [7, 11) is 1.31. The summed E-state index contributed by atoms with van der Waals surface area (Å²) in [6.07, 6.45) is 1.80. The van der Waals surface area contributed by atoms with Gasteiger partial charge in [0.25, 0.3) is 0 Å². The number of ether oxygens (including phenoxy) is 4. The largest absolute Gasteiger partial charge is 0.532 e. The Balaban J connectivity index is 1.86. The minimum Gasteiger partial charge on any atom is -0.465 e. The fourth-order valence-electron chi connectivity index (χ4n) is 7.40. The second kappa shape index (κ2) is 15.5. The molecule has 2 saturated heterocycles. The summed E-state index contributed by atoms with van der Waals surface area (Å²) in [5.74, 6) is -0.423. The van der Waals surface area contributed by atoms with Crippen molar-refractivity contribution >= 4 is 35.4 Å². The maximum atomic E-state index is 13.7. The fourth-order valence-corrected chi connectivity index (χ4v) is 8.40. The van der Waals surface area contributed by atoms with Gasteiger partial charge in [-0.25, -0.2) is 9.59 Å². The van der Waals surface area contributed by atoms with Gasteiger partial charge in [-0.05, 0) is 78.1 Å². The number of methoxy groups -OCH3 is 1. The molecule has 0 radical (unpaired) electrons. The molecule has 0 aromatic rings. The third-order valence-electron chi connectivity index (χ3n) is 9.19.